The van der Waals surface area contributed by atoms with Crippen molar-refractivity contribution in [3.63, 3.8) is 0 Å². The molecule has 2 aromatic carbocycles. The van der Waals surface area contributed by atoms with Gasteiger partial charge in [0.2, 0.25) is 6.79 Å². The summed E-state index contributed by atoms with van der Waals surface area (Å²) < 4.78 is 41.8. The summed E-state index contributed by atoms with van der Waals surface area (Å²) in [7, 11) is 0. The van der Waals surface area contributed by atoms with Gasteiger partial charge in [-0.1, -0.05) is 6.07 Å². The SMILES string of the molecule is C[C@@H](NC(=O)COc1ccc(F)cc1F)c1ccc2c(c1)OCO2. The Morgan fingerprint density at radius 2 is 2.00 bits per heavy atom. The summed E-state index contributed by atoms with van der Waals surface area (Å²) >= 11 is 0. The molecule has 1 atom stereocenters. The Bertz CT molecular complexity index is 766. The van der Waals surface area contributed by atoms with Crippen molar-refractivity contribution >= 4 is 5.91 Å². The number of rotatable bonds is 5. The molecular weight excluding hydrogens is 320 g/mol. The van der Waals surface area contributed by atoms with E-state index in [1.54, 1.807) is 19.1 Å². The molecule has 0 unspecified atom stereocenters. The Labute approximate surface area is 137 Å². The highest BCUT2D eigenvalue weighted by Gasteiger charge is 2.17. The van der Waals surface area contributed by atoms with Crippen molar-refractivity contribution in [2.24, 2.45) is 0 Å². The minimum Gasteiger partial charge on any atom is -0.481 e. The van der Waals surface area contributed by atoms with Crippen LogP contribution in [0.3, 0.4) is 0 Å². The third-order valence-electron chi connectivity index (χ3n) is 3.53. The molecular formula is C17H15F2NO4. The van der Waals surface area contributed by atoms with Crippen LogP contribution in [0.2, 0.25) is 0 Å². The Morgan fingerprint density at radius 1 is 1.21 bits per heavy atom. The van der Waals surface area contributed by atoms with Crippen LogP contribution in [0.5, 0.6) is 17.2 Å². The van der Waals surface area contributed by atoms with Crippen molar-refractivity contribution in [1.29, 1.82) is 0 Å². The number of amides is 1. The normalized spacial score (nSPS) is 13.5. The highest BCUT2D eigenvalue weighted by atomic mass is 19.1. The molecule has 0 saturated heterocycles. The molecule has 0 aromatic heterocycles. The number of fused-ring (bicyclic) bond motifs is 1. The van der Waals surface area contributed by atoms with Crippen molar-refractivity contribution in [2.75, 3.05) is 13.4 Å². The molecule has 1 amide bonds. The molecule has 5 nitrogen and oxygen atoms in total. The van der Waals surface area contributed by atoms with E-state index in [1.807, 2.05) is 6.07 Å². The Balaban J connectivity index is 1.56. The standard InChI is InChI=1S/C17H15F2NO4/c1-10(11-2-4-15-16(6-11)24-9-23-15)20-17(21)8-22-14-5-3-12(18)7-13(14)19/h2-7,10H,8-9H2,1H3,(H,20,21)/t10-/m1/s1. The van der Waals surface area contributed by atoms with Crippen molar-refractivity contribution in [3.8, 4) is 17.2 Å². The van der Waals surface area contributed by atoms with Crippen LogP contribution in [-0.4, -0.2) is 19.3 Å². The quantitative estimate of drug-likeness (QED) is 0.913. The average Bonchev–Trinajstić information content (AvgIpc) is 3.01. The molecule has 0 radical (unpaired) electrons. The maximum absolute atomic E-state index is 13.4. The van der Waals surface area contributed by atoms with Gasteiger partial charge in [-0.25, -0.2) is 8.78 Å². The molecule has 1 aliphatic heterocycles. The molecule has 3 rings (SSSR count). The first-order valence-electron chi connectivity index (χ1n) is 7.29. The molecule has 24 heavy (non-hydrogen) atoms. The molecule has 0 saturated carbocycles. The molecule has 0 bridgehead atoms. The number of nitrogens with one attached hydrogen (secondary N) is 1. The third kappa shape index (κ3) is 3.56. The number of ether oxygens (including phenoxy) is 3. The van der Waals surface area contributed by atoms with Gasteiger partial charge in [0.25, 0.3) is 5.91 Å². The summed E-state index contributed by atoms with van der Waals surface area (Å²) in [6.45, 7) is 1.60. The maximum Gasteiger partial charge on any atom is 0.258 e. The fourth-order valence-electron chi connectivity index (χ4n) is 2.28. The molecule has 126 valence electrons. The van der Waals surface area contributed by atoms with E-state index in [-0.39, 0.29) is 25.2 Å². The number of halogens is 2. The van der Waals surface area contributed by atoms with E-state index in [9.17, 15) is 13.6 Å². The molecule has 1 heterocycles. The number of hydrogen-bond donors (Lipinski definition) is 1. The van der Waals surface area contributed by atoms with Gasteiger partial charge in [-0.05, 0) is 36.8 Å². The summed E-state index contributed by atoms with van der Waals surface area (Å²) in [5.41, 5.74) is 0.834. The van der Waals surface area contributed by atoms with Gasteiger partial charge >= 0.3 is 0 Å². The van der Waals surface area contributed by atoms with Crippen LogP contribution in [-0.2, 0) is 4.79 Å². The van der Waals surface area contributed by atoms with Gasteiger partial charge in [-0.3, -0.25) is 4.79 Å². The van der Waals surface area contributed by atoms with Gasteiger partial charge in [0.15, 0.2) is 29.7 Å². The Kier molecular flexibility index (Phi) is 4.50. The van der Waals surface area contributed by atoms with Crippen LogP contribution in [0, 0.1) is 11.6 Å². The van der Waals surface area contributed by atoms with E-state index in [2.05, 4.69) is 5.32 Å². The van der Waals surface area contributed by atoms with E-state index in [1.165, 1.54) is 0 Å². The van der Waals surface area contributed by atoms with E-state index < -0.39 is 17.5 Å². The lowest BCUT2D eigenvalue weighted by atomic mass is 10.1. The van der Waals surface area contributed by atoms with Crippen LogP contribution < -0.4 is 19.5 Å². The number of benzene rings is 2. The predicted octanol–water partition coefficient (Wildman–Crippen LogP) is 2.95. The number of hydrogen-bond acceptors (Lipinski definition) is 4. The van der Waals surface area contributed by atoms with Crippen LogP contribution in [0.4, 0.5) is 8.78 Å². The second-order valence-electron chi connectivity index (χ2n) is 5.27. The maximum atomic E-state index is 13.4. The zero-order valence-corrected chi connectivity index (χ0v) is 12.8. The Hall–Kier alpha value is -2.83. The fourth-order valence-corrected chi connectivity index (χ4v) is 2.28. The van der Waals surface area contributed by atoms with Gasteiger partial charge in [0, 0.05) is 6.07 Å². The lowest BCUT2D eigenvalue weighted by Crippen LogP contribution is -2.31. The molecule has 2 aromatic rings. The Morgan fingerprint density at radius 3 is 2.79 bits per heavy atom. The lowest BCUT2D eigenvalue weighted by Gasteiger charge is -2.15. The van der Waals surface area contributed by atoms with Crippen LogP contribution in [0.1, 0.15) is 18.5 Å². The van der Waals surface area contributed by atoms with Crippen LogP contribution >= 0.6 is 0 Å². The summed E-state index contributed by atoms with van der Waals surface area (Å²) in [5, 5.41) is 2.73. The summed E-state index contributed by atoms with van der Waals surface area (Å²) in [4.78, 5) is 11.9. The molecule has 1 N–H and O–H groups in total. The first kappa shape index (κ1) is 16.0. The highest BCUT2D eigenvalue weighted by molar-refractivity contribution is 5.78. The zero-order chi connectivity index (χ0) is 17.1. The van der Waals surface area contributed by atoms with Crippen molar-refractivity contribution in [1.82, 2.24) is 5.32 Å². The molecule has 0 spiro atoms. The average molecular weight is 335 g/mol. The molecule has 0 aliphatic carbocycles. The first-order chi connectivity index (χ1) is 11.5. The van der Waals surface area contributed by atoms with E-state index in [4.69, 9.17) is 14.2 Å². The van der Waals surface area contributed by atoms with Crippen LogP contribution in [0.15, 0.2) is 36.4 Å². The van der Waals surface area contributed by atoms with Crippen molar-refractivity contribution in [2.45, 2.75) is 13.0 Å². The van der Waals surface area contributed by atoms with Crippen LogP contribution in [0.25, 0.3) is 0 Å². The summed E-state index contributed by atoms with van der Waals surface area (Å²) in [5.74, 6) is -0.885. The van der Waals surface area contributed by atoms with E-state index >= 15 is 0 Å². The van der Waals surface area contributed by atoms with Gasteiger partial charge in [-0.2, -0.15) is 0 Å². The fraction of sp³-hybridized carbons (Fsp3) is 0.235. The highest BCUT2D eigenvalue weighted by Crippen LogP contribution is 2.34. The van der Waals surface area contributed by atoms with E-state index in [0.29, 0.717) is 17.6 Å². The van der Waals surface area contributed by atoms with Gasteiger partial charge in [0.05, 0.1) is 6.04 Å². The van der Waals surface area contributed by atoms with Crippen molar-refractivity contribution in [3.05, 3.63) is 53.6 Å². The summed E-state index contributed by atoms with van der Waals surface area (Å²) in [6, 6.07) is 7.97. The minimum absolute atomic E-state index is 0.177. The second kappa shape index (κ2) is 6.74. The lowest BCUT2D eigenvalue weighted by molar-refractivity contribution is -0.123. The number of carbonyl (C=O) groups is 1. The predicted molar refractivity (Wildman–Crippen MR) is 81.0 cm³/mol. The van der Waals surface area contributed by atoms with Gasteiger partial charge in [-0.15, -0.1) is 0 Å². The third-order valence-corrected chi connectivity index (χ3v) is 3.53. The zero-order valence-electron chi connectivity index (χ0n) is 12.8. The molecule has 7 heteroatoms. The van der Waals surface area contributed by atoms with Gasteiger partial charge in [0.1, 0.15) is 5.82 Å². The largest absolute Gasteiger partial charge is 0.481 e. The molecule has 1 aliphatic rings. The monoisotopic (exact) mass is 335 g/mol. The van der Waals surface area contributed by atoms with Gasteiger partial charge < -0.3 is 19.5 Å². The minimum atomic E-state index is -0.855. The van der Waals surface area contributed by atoms with E-state index in [0.717, 1.165) is 17.7 Å². The smallest absolute Gasteiger partial charge is 0.258 e. The second-order valence-corrected chi connectivity index (χ2v) is 5.27. The van der Waals surface area contributed by atoms with Crippen molar-refractivity contribution < 1.29 is 27.8 Å². The molecule has 0 fully saturated rings. The number of carbonyl (C=O) groups excluding carboxylic acids is 1. The first-order valence-corrected chi connectivity index (χ1v) is 7.29. The topological polar surface area (TPSA) is 56.8 Å². The summed E-state index contributed by atoms with van der Waals surface area (Å²) in [6.07, 6.45) is 0.